The molecular weight excluding hydrogens is 452 g/mol. The van der Waals surface area contributed by atoms with E-state index >= 15 is 0 Å². The molecule has 0 fully saturated rings. The van der Waals surface area contributed by atoms with Gasteiger partial charge in [0.2, 0.25) is 5.91 Å². The average molecular weight is 480 g/mol. The van der Waals surface area contributed by atoms with Gasteiger partial charge in [0.05, 0.1) is 17.9 Å². The molecule has 2 N–H and O–H groups in total. The lowest BCUT2D eigenvalue weighted by atomic mass is 9.85. The van der Waals surface area contributed by atoms with E-state index in [1.807, 2.05) is 6.07 Å². The molecule has 0 aromatic heterocycles. The number of rotatable bonds is 7. The number of ketones is 1. The highest BCUT2D eigenvalue weighted by molar-refractivity contribution is 6.04. The van der Waals surface area contributed by atoms with Gasteiger partial charge >= 0.3 is 5.97 Å². The van der Waals surface area contributed by atoms with Crippen LogP contribution in [0.25, 0.3) is 11.1 Å². The normalized spacial score (nSPS) is 12.2. The highest BCUT2D eigenvalue weighted by Crippen LogP contribution is 2.32. The SMILES string of the molecule is Cc1cc(F)cc(F)c1C(=O)C(CC(=O)OC(C)(C)C)c1cccc(-c2ccc(C(N)=O)cc2)c1. The van der Waals surface area contributed by atoms with E-state index < -0.39 is 40.8 Å². The lowest BCUT2D eigenvalue weighted by Crippen LogP contribution is -2.27. The van der Waals surface area contributed by atoms with E-state index in [9.17, 15) is 23.2 Å². The maximum Gasteiger partial charge on any atom is 0.307 e. The second-order valence-electron chi connectivity index (χ2n) is 9.35. The van der Waals surface area contributed by atoms with Gasteiger partial charge in [-0.2, -0.15) is 0 Å². The van der Waals surface area contributed by atoms with Crippen molar-refractivity contribution in [3.05, 3.63) is 94.6 Å². The minimum absolute atomic E-state index is 0.139. The van der Waals surface area contributed by atoms with Crippen molar-refractivity contribution < 1.29 is 27.9 Å². The van der Waals surface area contributed by atoms with E-state index in [2.05, 4.69) is 0 Å². The number of benzene rings is 3. The van der Waals surface area contributed by atoms with Crippen LogP contribution in [-0.4, -0.2) is 23.3 Å². The molecule has 0 aliphatic rings. The summed E-state index contributed by atoms with van der Waals surface area (Å²) in [7, 11) is 0. The van der Waals surface area contributed by atoms with Gasteiger partial charge in [0.25, 0.3) is 0 Å². The number of esters is 1. The summed E-state index contributed by atoms with van der Waals surface area (Å²) in [6, 6.07) is 15.3. The summed E-state index contributed by atoms with van der Waals surface area (Å²) in [4.78, 5) is 37.6. The van der Waals surface area contributed by atoms with Crippen LogP contribution >= 0.6 is 0 Å². The van der Waals surface area contributed by atoms with E-state index in [0.717, 1.165) is 17.2 Å². The fraction of sp³-hybridized carbons (Fsp3) is 0.250. The fourth-order valence-corrected chi connectivity index (χ4v) is 3.86. The van der Waals surface area contributed by atoms with E-state index in [0.29, 0.717) is 17.2 Å². The topological polar surface area (TPSA) is 86.5 Å². The van der Waals surface area contributed by atoms with Gasteiger partial charge in [0.1, 0.15) is 17.2 Å². The molecule has 0 heterocycles. The molecule has 1 amide bonds. The van der Waals surface area contributed by atoms with Crippen LogP contribution < -0.4 is 5.73 Å². The lowest BCUT2D eigenvalue weighted by molar-refractivity contribution is -0.155. The standard InChI is InChI=1S/C28H27F2NO4/c1-16-12-21(29)14-23(30)25(16)26(33)22(15-24(32)35-28(2,3)4)20-7-5-6-19(13-20)17-8-10-18(11-9-17)27(31)34/h5-14,22H,15H2,1-4H3,(H2,31,34). The monoisotopic (exact) mass is 479 g/mol. The van der Waals surface area contributed by atoms with Gasteiger partial charge in [-0.25, -0.2) is 8.78 Å². The summed E-state index contributed by atoms with van der Waals surface area (Å²) in [5.41, 5.74) is 6.70. The fourth-order valence-electron chi connectivity index (χ4n) is 3.86. The summed E-state index contributed by atoms with van der Waals surface area (Å²) in [5.74, 6) is -4.65. The third-order valence-corrected chi connectivity index (χ3v) is 5.40. The third-order valence-electron chi connectivity index (χ3n) is 5.40. The maximum absolute atomic E-state index is 14.7. The number of ether oxygens (including phenoxy) is 1. The number of carbonyl (C=O) groups excluding carboxylic acids is 3. The molecule has 0 aliphatic heterocycles. The number of amides is 1. The van der Waals surface area contributed by atoms with E-state index in [1.165, 1.54) is 6.92 Å². The Morgan fingerprint density at radius 3 is 2.17 bits per heavy atom. The molecule has 7 heteroatoms. The van der Waals surface area contributed by atoms with Crippen molar-refractivity contribution in [2.45, 2.75) is 45.6 Å². The van der Waals surface area contributed by atoms with Crippen LogP contribution in [-0.2, 0) is 9.53 Å². The van der Waals surface area contributed by atoms with Crippen molar-refractivity contribution in [2.24, 2.45) is 5.73 Å². The molecule has 0 saturated carbocycles. The Hall–Kier alpha value is -3.87. The molecule has 0 radical (unpaired) electrons. The number of hydrogen-bond donors (Lipinski definition) is 1. The number of halogens is 2. The maximum atomic E-state index is 14.7. The van der Waals surface area contributed by atoms with Gasteiger partial charge in [-0.15, -0.1) is 0 Å². The van der Waals surface area contributed by atoms with Crippen molar-refractivity contribution >= 4 is 17.7 Å². The van der Waals surface area contributed by atoms with E-state index in [-0.39, 0.29) is 17.5 Å². The second kappa shape index (κ2) is 10.2. The number of carbonyl (C=O) groups is 3. The summed E-state index contributed by atoms with van der Waals surface area (Å²) in [6.07, 6.45) is -0.323. The van der Waals surface area contributed by atoms with Crippen LogP contribution in [0.2, 0.25) is 0 Å². The molecule has 3 aromatic rings. The van der Waals surface area contributed by atoms with Crippen molar-refractivity contribution in [3.63, 3.8) is 0 Å². The summed E-state index contributed by atoms with van der Waals surface area (Å²) in [5, 5.41) is 0. The summed E-state index contributed by atoms with van der Waals surface area (Å²) < 4.78 is 33.8. The van der Waals surface area contributed by atoms with Crippen LogP contribution in [0.5, 0.6) is 0 Å². The first-order valence-electron chi connectivity index (χ1n) is 11.1. The number of primary amides is 1. The molecule has 0 bridgehead atoms. The van der Waals surface area contributed by atoms with Gasteiger partial charge in [-0.3, -0.25) is 14.4 Å². The Labute approximate surface area is 202 Å². The van der Waals surface area contributed by atoms with Crippen LogP contribution in [0.1, 0.15) is 65.0 Å². The van der Waals surface area contributed by atoms with Gasteiger partial charge in [-0.05, 0) is 68.1 Å². The van der Waals surface area contributed by atoms with Gasteiger partial charge in [-0.1, -0.05) is 36.4 Å². The first-order chi connectivity index (χ1) is 16.4. The Bertz CT molecular complexity index is 1250. The molecule has 0 spiro atoms. The van der Waals surface area contributed by atoms with Gasteiger partial charge < -0.3 is 10.5 Å². The molecule has 1 atom stereocenters. The average Bonchev–Trinajstić information content (AvgIpc) is 2.75. The van der Waals surface area contributed by atoms with Gasteiger partial charge in [0.15, 0.2) is 5.78 Å². The Kier molecular flexibility index (Phi) is 7.48. The highest BCUT2D eigenvalue weighted by atomic mass is 19.1. The predicted molar refractivity (Wildman–Crippen MR) is 129 cm³/mol. The van der Waals surface area contributed by atoms with Crippen molar-refractivity contribution in [3.8, 4) is 11.1 Å². The lowest BCUT2D eigenvalue weighted by Gasteiger charge is -2.23. The smallest absolute Gasteiger partial charge is 0.307 e. The molecule has 3 rings (SSSR count). The summed E-state index contributed by atoms with van der Waals surface area (Å²) in [6.45, 7) is 6.58. The zero-order valence-electron chi connectivity index (χ0n) is 20.0. The molecule has 1 unspecified atom stereocenters. The van der Waals surface area contributed by atoms with Crippen LogP contribution in [0.4, 0.5) is 8.78 Å². The highest BCUT2D eigenvalue weighted by Gasteiger charge is 2.30. The largest absolute Gasteiger partial charge is 0.460 e. The van der Waals surface area contributed by atoms with Crippen molar-refractivity contribution in [2.75, 3.05) is 0 Å². The van der Waals surface area contributed by atoms with Crippen molar-refractivity contribution in [1.29, 1.82) is 0 Å². The number of Topliss-reactive ketones (excluding diaryl/α,β-unsaturated/α-hetero) is 1. The number of aryl methyl sites for hydroxylation is 1. The minimum Gasteiger partial charge on any atom is -0.460 e. The molecule has 182 valence electrons. The number of hydrogen-bond acceptors (Lipinski definition) is 4. The van der Waals surface area contributed by atoms with Crippen LogP contribution in [0.15, 0.2) is 60.7 Å². The number of nitrogens with two attached hydrogens (primary N) is 1. The molecule has 0 saturated heterocycles. The zero-order chi connectivity index (χ0) is 25.9. The minimum atomic E-state index is -1.06. The van der Waals surface area contributed by atoms with E-state index in [1.54, 1.807) is 63.2 Å². The Balaban J connectivity index is 2.05. The zero-order valence-corrected chi connectivity index (χ0v) is 20.0. The van der Waals surface area contributed by atoms with Crippen LogP contribution in [0.3, 0.4) is 0 Å². The molecule has 35 heavy (non-hydrogen) atoms. The Morgan fingerprint density at radius 2 is 1.60 bits per heavy atom. The third kappa shape index (κ3) is 6.38. The molecule has 5 nitrogen and oxygen atoms in total. The quantitative estimate of drug-likeness (QED) is 0.346. The molecule has 3 aromatic carbocycles. The van der Waals surface area contributed by atoms with Crippen LogP contribution in [0, 0.1) is 18.6 Å². The molecular formula is C28H27F2NO4. The second-order valence-corrected chi connectivity index (χ2v) is 9.35. The van der Waals surface area contributed by atoms with Crippen molar-refractivity contribution in [1.82, 2.24) is 0 Å². The van der Waals surface area contributed by atoms with E-state index in [4.69, 9.17) is 10.5 Å². The Morgan fingerprint density at radius 1 is 0.943 bits per heavy atom. The first-order valence-corrected chi connectivity index (χ1v) is 11.1. The summed E-state index contributed by atoms with van der Waals surface area (Å²) >= 11 is 0. The first kappa shape index (κ1) is 25.7. The van der Waals surface area contributed by atoms with Gasteiger partial charge in [0, 0.05) is 11.6 Å². The molecule has 0 aliphatic carbocycles. The predicted octanol–water partition coefficient (Wildman–Crippen LogP) is 5.74.